The van der Waals surface area contributed by atoms with Crippen LogP contribution >= 0.6 is 0 Å². The molecule has 0 radical (unpaired) electrons. The molecule has 0 spiro atoms. The van der Waals surface area contributed by atoms with Gasteiger partial charge < -0.3 is 26.0 Å². The van der Waals surface area contributed by atoms with Gasteiger partial charge in [-0.3, -0.25) is 14.4 Å². The first-order chi connectivity index (χ1) is 15.7. The lowest BCUT2D eigenvalue weighted by molar-refractivity contribution is -0.117. The molecule has 2 aromatic carbocycles. The van der Waals surface area contributed by atoms with E-state index in [0.29, 0.717) is 24.6 Å². The second-order valence-electron chi connectivity index (χ2n) is 7.93. The summed E-state index contributed by atoms with van der Waals surface area (Å²) in [5.74, 6) is -3.84. The van der Waals surface area contributed by atoms with E-state index in [1.165, 1.54) is 12.1 Å². The van der Waals surface area contributed by atoms with Crippen LogP contribution in [0.5, 0.6) is 0 Å². The topological polar surface area (TPSA) is 114 Å². The summed E-state index contributed by atoms with van der Waals surface area (Å²) in [5.41, 5.74) is 6.26. The first kappa shape index (κ1) is 24.1. The molecule has 0 saturated carbocycles. The van der Waals surface area contributed by atoms with Crippen LogP contribution in [0.2, 0.25) is 0 Å². The monoisotopic (exact) mass is 460 g/mol. The van der Waals surface area contributed by atoms with Crippen molar-refractivity contribution in [1.82, 2.24) is 5.32 Å². The molecule has 2 aromatic rings. The molecule has 1 aliphatic rings. The standard InChI is InChI=1S/C23H26F2N4O4/c1-13-11-33-12-14(2)29(13)20-6-4-16(22(31)27-8-7-21(26)30)10-19(20)28-23(32)15-3-5-17(24)18(25)9-15/h3-6,9-10,13-14H,7-8,11-12H2,1-2H3,(H2,26,30)(H,27,31)(H,28,32). The number of morpholine rings is 1. The third kappa shape index (κ3) is 5.83. The first-order valence-corrected chi connectivity index (χ1v) is 10.5. The van der Waals surface area contributed by atoms with Gasteiger partial charge in [-0.25, -0.2) is 8.78 Å². The highest BCUT2D eigenvalue weighted by Gasteiger charge is 2.28. The molecule has 1 fully saturated rings. The molecule has 10 heteroatoms. The summed E-state index contributed by atoms with van der Waals surface area (Å²) in [6.07, 6.45) is -0.00758. The van der Waals surface area contributed by atoms with Crippen LogP contribution in [0.3, 0.4) is 0 Å². The summed E-state index contributed by atoms with van der Waals surface area (Å²) < 4.78 is 32.5. The summed E-state index contributed by atoms with van der Waals surface area (Å²) in [5, 5.41) is 5.31. The van der Waals surface area contributed by atoms with E-state index in [2.05, 4.69) is 15.5 Å². The molecule has 176 valence electrons. The maximum atomic E-state index is 13.6. The molecular formula is C23H26F2N4O4. The van der Waals surface area contributed by atoms with Gasteiger partial charge in [-0.1, -0.05) is 0 Å². The number of benzene rings is 2. The van der Waals surface area contributed by atoms with Gasteiger partial charge in [-0.15, -0.1) is 0 Å². The second kappa shape index (κ2) is 10.4. The minimum Gasteiger partial charge on any atom is -0.377 e. The number of nitrogens with zero attached hydrogens (tertiary/aromatic N) is 1. The first-order valence-electron chi connectivity index (χ1n) is 10.5. The van der Waals surface area contributed by atoms with E-state index in [9.17, 15) is 23.2 Å². The number of hydrogen-bond acceptors (Lipinski definition) is 5. The van der Waals surface area contributed by atoms with E-state index in [1.807, 2.05) is 13.8 Å². The average molecular weight is 460 g/mol. The van der Waals surface area contributed by atoms with Crippen molar-refractivity contribution in [1.29, 1.82) is 0 Å². The molecular weight excluding hydrogens is 434 g/mol. The molecule has 33 heavy (non-hydrogen) atoms. The van der Waals surface area contributed by atoms with Crippen molar-refractivity contribution < 1.29 is 27.9 Å². The highest BCUT2D eigenvalue weighted by atomic mass is 19.2. The Hall–Kier alpha value is -3.53. The number of rotatable bonds is 7. The zero-order valence-corrected chi connectivity index (χ0v) is 18.4. The predicted molar refractivity (Wildman–Crippen MR) is 119 cm³/mol. The van der Waals surface area contributed by atoms with Crippen molar-refractivity contribution in [3.63, 3.8) is 0 Å². The summed E-state index contributed by atoms with van der Waals surface area (Å²) in [7, 11) is 0. The van der Waals surface area contributed by atoms with E-state index in [0.717, 1.165) is 12.1 Å². The zero-order chi connectivity index (χ0) is 24.1. The van der Waals surface area contributed by atoms with Crippen molar-refractivity contribution in [2.45, 2.75) is 32.4 Å². The number of primary amides is 1. The van der Waals surface area contributed by atoms with Crippen molar-refractivity contribution in [3.8, 4) is 0 Å². The number of halogens is 2. The zero-order valence-electron chi connectivity index (χ0n) is 18.4. The smallest absolute Gasteiger partial charge is 0.255 e. The van der Waals surface area contributed by atoms with Gasteiger partial charge in [0.25, 0.3) is 11.8 Å². The molecule has 1 aliphatic heterocycles. The fraction of sp³-hybridized carbons (Fsp3) is 0.348. The van der Waals surface area contributed by atoms with Gasteiger partial charge in [0.1, 0.15) is 0 Å². The van der Waals surface area contributed by atoms with Crippen molar-refractivity contribution in [3.05, 3.63) is 59.2 Å². The van der Waals surface area contributed by atoms with Gasteiger partial charge in [0.2, 0.25) is 5.91 Å². The van der Waals surface area contributed by atoms with Crippen LogP contribution in [0, 0.1) is 11.6 Å². The van der Waals surface area contributed by atoms with Crippen LogP contribution < -0.4 is 21.3 Å². The van der Waals surface area contributed by atoms with Gasteiger partial charge in [-0.05, 0) is 50.2 Å². The van der Waals surface area contributed by atoms with E-state index in [1.54, 1.807) is 12.1 Å². The maximum absolute atomic E-state index is 13.6. The lowest BCUT2D eigenvalue weighted by atomic mass is 10.1. The number of hydrogen-bond donors (Lipinski definition) is 3. The normalized spacial score (nSPS) is 18.0. The Kier molecular flexibility index (Phi) is 7.59. The van der Waals surface area contributed by atoms with Crippen molar-refractivity contribution in [2.24, 2.45) is 5.73 Å². The molecule has 3 rings (SSSR count). The van der Waals surface area contributed by atoms with Gasteiger partial charge in [0.05, 0.1) is 24.6 Å². The van der Waals surface area contributed by atoms with E-state index >= 15 is 0 Å². The predicted octanol–water partition coefficient (Wildman–Crippen LogP) is 2.44. The molecule has 0 bridgehead atoms. The SMILES string of the molecule is CC1COCC(C)N1c1ccc(C(=O)NCCC(N)=O)cc1NC(=O)c1ccc(F)c(F)c1. The molecule has 8 nitrogen and oxygen atoms in total. The maximum Gasteiger partial charge on any atom is 0.255 e. The lowest BCUT2D eigenvalue weighted by Crippen LogP contribution is -2.50. The van der Waals surface area contributed by atoms with E-state index in [4.69, 9.17) is 10.5 Å². The quantitative estimate of drug-likeness (QED) is 0.587. The number of nitrogens with one attached hydrogen (secondary N) is 2. The van der Waals surface area contributed by atoms with Crippen LogP contribution in [0.4, 0.5) is 20.2 Å². The second-order valence-corrected chi connectivity index (χ2v) is 7.93. The number of anilines is 2. The van der Waals surface area contributed by atoms with Crippen LogP contribution in [0.25, 0.3) is 0 Å². The van der Waals surface area contributed by atoms with Crippen LogP contribution in [0.15, 0.2) is 36.4 Å². The third-order valence-electron chi connectivity index (χ3n) is 5.29. The molecule has 1 saturated heterocycles. The lowest BCUT2D eigenvalue weighted by Gasteiger charge is -2.41. The fourth-order valence-corrected chi connectivity index (χ4v) is 3.71. The molecule has 2 atom stereocenters. The number of carbonyl (C=O) groups is 3. The average Bonchev–Trinajstić information content (AvgIpc) is 2.76. The molecule has 1 heterocycles. The van der Waals surface area contributed by atoms with Gasteiger partial charge >= 0.3 is 0 Å². The molecule has 0 aliphatic carbocycles. The number of carbonyl (C=O) groups excluding carboxylic acids is 3. The summed E-state index contributed by atoms with van der Waals surface area (Å²) in [6.45, 7) is 4.98. The molecule has 3 amide bonds. The Morgan fingerprint density at radius 3 is 2.27 bits per heavy atom. The Morgan fingerprint density at radius 2 is 1.64 bits per heavy atom. The molecule has 0 aromatic heterocycles. The summed E-state index contributed by atoms with van der Waals surface area (Å²) in [4.78, 5) is 38.3. The number of ether oxygens (including phenoxy) is 1. The third-order valence-corrected chi connectivity index (χ3v) is 5.29. The summed E-state index contributed by atoms with van der Waals surface area (Å²) in [6, 6.07) is 7.66. The van der Waals surface area contributed by atoms with Crippen LogP contribution in [-0.4, -0.2) is 49.6 Å². The Labute approximate surface area is 190 Å². The van der Waals surface area contributed by atoms with Crippen LogP contribution in [-0.2, 0) is 9.53 Å². The Bertz CT molecular complexity index is 1050. The van der Waals surface area contributed by atoms with Crippen LogP contribution in [0.1, 0.15) is 41.0 Å². The van der Waals surface area contributed by atoms with E-state index < -0.39 is 29.4 Å². The highest BCUT2D eigenvalue weighted by molar-refractivity contribution is 6.07. The highest BCUT2D eigenvalue weighted by Crippen LogP contribution is 2.32. The minimum absolute atomic E-state index is 0.00758. The van der Waals surface area contributed by atoms with Crippen molar-refractivity contribution in [2.75, 3.05) is 30.0 Å². The van der Waals surface area contributed by atoms with Gasteiger partial charge in [0.15, 0.2) is 11.6 Å². The largest absolute Gasteiger partial charge is 0.377 e. The summed E-state index contributed by atoms with van der Waals surface area (Å²) >= 11 is 0. The Morgan fingerprint density at radius 1 is 1.00 bits per heavy atom. The minimum atomic E-state index is -1.14. The Balaban J connectivity index is 1.93. The van der Waals surface area contributed by atoms with E-state index in [-0.39, 0.29) is 36.2 Å². The molecule has 2 unspecified atom stereocenters. The number of amides is 3. The fourth-order valence-electron chi connectivity index (χ4n) is 3.71. The number of nitrogens with two attached hydrogens (primary N) is 1. The van der Waals surface area contributed by atoms with Gasteiger partial charge in [0, 0.05) is 36.2 Å². The van der Waals surface area contributed by atoms with Gasteiger partial charge in [-0.2, -0.15) is 0 Å². The molecule has 4 N–H and O–H groups in total. The van der Waals surface area contributed by atoms with Crippen molar-refractivity contribution >= 4 is 29.1 Å².